The van der Waals surface area contributed by atoms with Crippen molar-refractivity contribution in [2.75, 3.05) is 45.8 Å². The van der Waals surface area contributed by atoms with E-state index in [1.807, 2.05) is 23.2 Å². The SMILES string of the molecule is CCN1CCN(C(=O)NC2CCN(Cc3ccccn3)CC2)CC1. The molecule has 0 spiro atoms. The van der Waals surface area contributed by atoms with Crippen molar-refractivity contribution in [1.82, 2.24) is 25.0 Å². The maximum atomic E-state index is 12.4. The molecule has 0 unspecified atom stereocenters. The van der Waals surface area contributed by atoms with Crippen LogP contribution in [0.25, 0.3) is 0 Å². The summed E-state index contributed by atoms with van der Waals surface area (Å²) in [5, 5.41) is 3.23. The molecule has 1 N–H and O–H groups in total. The molecule has 1 aromatic heterocycles. The summed E-state index contributed by atoms with van der Waals surface area (Å²) in [5.41, 5.74) is 1.12. The Kier molecular flexibility index (Phi) is 6.04. The second kappa shape index (κ2) is 8.44. The normalized spacial score (nSPS) is 21.0. The number of nitrogens with zero attached hydrogens (tertiary/aromatic N) is 4. The van der Waals surface area contributed by atoms with Gasteiger partial charge in [0.1, 0.15) is 0 Å². The van der Waals surface area contributed by atoms with Gasteiger partial charge in [-0.15, -0.1) is 0 Å². The van der Waals surface area contributed by atoms with Gasteiger partial charge in [0.15, 0.2) is 0 Å². The maximum Gasteiger partial charge on any atom is 0.317 e. The number of piperidine rings is 1. The molecule has 3 rings (SSSR count). The van der Waals surface area contributed by atoms with Crippen molar-refractivity contribution in [1.29, 1.82) is 0 Å². The van der Waals surface area contributed by atoms with Crippen LogP contribution in [0, 0.1) is 0 Å². The van der Waals surface area contributed by atoms with E-state index in [4.69, 9.17) is 0 Å². The summed E-state index contributed by atoms with van der Waals surface area (Å²) in [6.07, 6.45) is 3.89. The summed E-state index contributed by atoms with van der Waals surface area (Å²) in [6, 6.07) is 6.49. The summed E-state index contributed by atoms with van der Waals surface area (Å²) < 4.78 is 0. The van der Waals surface area contributed by atoms with Crippen LogP contribution in [-0.4, -0.2) is 77.6 Å². The van der Waals surface area contributed by atoms with Gasteiger partial charge in [-0.25, -0.2) is 4.79 Å². The largest absolute Gasteiger partial charge is 0.335 e. The van der Waals surface area contributed by atoms with Gasteiger partial charge in [0.2, 0.25) is 0 Å². The van der Waals surface area contributed by atoms with Crippen LogP contribution in [-0.2, 0) is 6.54 Å². The second-order valence-electron chi connectivity index (χ2n) is 6.74. The number of likely N-dealkylation sites (N-methyl/N-ethyl adjacent to an activating group) is 1. The van der Waals surface area contributed by atoms with Crippen molar-refractivity contribution < 1.29 is 4.79 Å². The van der Waals surface area contributed by atoms with Gasteiger partial charge in [-0.2, -0.15) is 0 Å². The Morgan fingerprint density at radius 3 is 2.50 bits per heavy atom. The molecule has 3 heterocycles. The Balaban J connectivity index is 1.38. The lowest BCUT2D eigenvalue weighted by Gasteiger charge is -2.36. The average molecular weight is 331 g/mol. The highest BCUT2D eigenvalue weighted by atomic mass is 16.2. The van der Waals surface area contributed by atoms with Gasteiger partial charge < -0.3 is 15.1 Å². The summed E-state index contributed by atoms with van der Waals surface area (Å²) >= 11 is 0. The number of carbonyl (C=O) groups is 1. The van der Waals surface area contributed by atoms with Gasteiger partial charge in [0.25, 0.3) is 0 Å². The molecule has 0 aromatic carbocycles. The molecule has 1 aromatic rings. The summed E-state index contributed by atoms with van der Waals surface area (Å²) in [4.78, 5) is 23.6. The van der Waals surface area contributed by atoms with E-state index in [0.29, 0.717) is 6.04 Å². The zero-order valence-corrected chi connectivity index (χ0v) is 14.7. The minimum absolute atomic E-state index is 0.119. The predicted octanol–water partition coefficient (Wildman–Crippen LogP) is 1.39. The summed E-state index contributed by atoms with van der Waals surface area (Å²) in [5.74, 6) is 0. The van der Waals surface area contributed by atoms with Crippen LogP contribution in [0.1, 0.15) is 25.5 Å². The molecule has 24 heavy (non-hydrogen) atoms. The lowest BCUT2D eigenvalue weighted by atomic mass is 10.0. The van der Waals surface area contributed by atoms with Gasteiger partial charge in [0.05, 0.1) is 5.69 Å². The molecule has 2 amide bonds. The van der Waals surface area contributed by atoms with E-state index in [1.54, 1.807) is 0 Å². The fourth-order valence-electron chi connectivity index (χ4n) is 3.49. The predicted molar refractivity (Wildman–Crippen MR) is 94.8 cm³/mol. The first kappa shape index (κ1) is 17.2. The standard InChI is InChI=1S/C18H29N5O/c1-2-21-11-13-23(14-12-21)18(24)20-16-6-9-22(10-7-16)15-17-5-3-4-8-19-17/h3-5,8,16H,2,6-7,9-15H2,1H3,(H,20,24). The minimum Gasteiger partial charge on any atom is -0.335 e. The molecule has 2 saturated heterocycles. The number of rotatable bonds is 4. The summed E-state index contributed by atoms with van der Waals surface area (Å²) in [7, 11) is 0. The molecule has 2 aliphatic rings. The molecular weight excluding hydrogens is 302 g/mol. The molecular formula is C18H29N5O. The number of aromatic nitrogens is 1. The Morgan fingerprint density at radius 1 is 1.12 bits per heavy atom. The average Bonchev–Trinajstić information content (AvgIpc) is 2.64. The fraction of sp³-hybridized carbons (Fsp3) is 0.667. The van der Waals surface area contributed by atoms with E-state index in [9.17, 15) is 4.79 Å². The van der Waals surface area contributed by atoms with Crippen molar-refractivity contribution in [3.05, 3.63) is 30.1 Å². The molecule has 6 nitrogen and oxygen atoms in total. The zero-order chi connectivity index (χ0) is 16.8. The smallest absolute Gasteiger partial charge is 0.317 e. The van der Waals surface area contributed by atoms with E-state index in [0.717, 1.165) is 70.9 Å². The van der Waals surface area contributed by atoms with Crippen molar-refractivity contribution in [3.8, 4) is 0 Å². The number of hydrogen-bond donors (Lipinski definition) is 1. The molecule has 0 saturated carbocycles. The molecule has 2 aliphatic heterocycles. The van der Waals surface area contributed by atoms with E-state index in [2.05, 4.69) is 33.1 Å². The number of pyridine rings is 1. The van der Waals surface area contributed by atoms with Crippen LogP contribution in [0.5, 0.6) is 0 Å². The highest BCUT2D eigenvalue weighted by Crippen LogP contribution is 2.13. The van der Waals surface area contributed by atoms with Crippen molar-refractivity contribution in [2.24, 2.45) is 0 Å². The quantitative estimate of drug-likeness (QED) is 0.906. The van der Waals surface area contributed by atoms with Crippen molar-refractivity contribution in [2.45, 2.75) is 32.4 Å². The fourth-order valence-corrected chi connectivity index (χ4v) is 3.49. The summed E-state index contributed by atoms with van der Waals surface area (Å²) in [6.45, 7) is 9.87. The zero-order valence-electron chi connectivity index (χ0n) is 14.7. The maximum absolute atomic E-state index is 12.4. The third kappa shape index (κ3) is 4.68. The molecule has 0 aliphatic carbocycles. The van der Waals surface area contributed by atoms with Gasteiger partial charge in [-0.05, 0) is 31.5 Å². The van der Waals surface area contributed by atoms with Crippen molar-refractivity contribution in [3.63, 3.8) is 0 Å². The Labute approximate surface area is 144 Å². The minimum atomic E-state index is 0.119. The second-order valence-corrected chi connectivity index (χ2v) is 6.74. The van der Waals surface area contributed by atoms with Crippen LogP contribution >= 0.6 is 0 Å². The third-order valence-electron chi connectivity index (χ3n) is 5.13. The van der Waals surface area contributed by atoms with Crippen LogP contribution < -0.4 is 5.32 Å². The van der Waals surface area contributed by atoms with Crippen molar-refractivity contribution >= 4 is 6.03 Å². The first-order chi connectivity index (χ1) is 11.7. The van der Waals surface area contributed by atoms with Gasteiger partial charge in [-0.3, -0.25) is 9.88 Å². The molecule has 0 atom stereocenters. The number of hydrogen-bond acceptors (Lipinski definition) is 4. The van der Waals surface area contributed by atoms with Crippen LogP contribution in [0.4, 0.5) is 4.79 Å². The number of urea groups is 1. The number of nitrogens with one attached hydrogen (secondary N) is 1. The highest BCUT2D eigenvalue weighted by molar-refractivity contribution is 5.74. The van der Waals surface area contributed by atoms with Gasteiger partial charge in [0, 0.05) is 58.1 Å². The van der Waals surface area contributed by atoms with E-state index in [1.165, 1.54) is 0 Å². The Morgan fingerprint density at radius 2 is 1.88 bits per heavy atom. The topological polar surface area (TPSA) is 51.7 Å². The first-order valence-electron chi connectivity index (χ1n) is 9.14. The monoisotopic (exact) mass is 331 g/mol. The van der Waals surface area contributed by atoms with Gasteiger partial charge in [-0.1, -0.05) is 13.0 Å². The van der Waals surface area contributed by atoms with Crippen LogP contribution in [0.15, 0.2) is 24.4 Å². The van der Waals surface area contributed by atoms with E-state index >= 15 is 0 Å². The van der Waals surface area contributed by atoms with Crippen LogP contribution in [0.3, 0.4) is 0 Å². The molecule has 0 bridgehead atoms. The first-order valence-corrected chi connectivity index (χ1v) is 9.14. The lowest BCUT2D eigenvalue weighted by Crippen LogP contribution is -2.54. The molecule has 6 heteroatoms. The Hall–Kier alpha value is -1.66. The van der Waals surface area contributed by atoms with E-state index < -0.39 is 0 Å². The van der Waals surface area contributed by atoms with Crippen LogP contribution in [0.2, 0.25) is 0 Å². The lowest BCUT2D eigenvalue weighted by molar-refractivity contribution is 0.133. The number of piperazine rings is 1. The number of carbonyl (C=O) groups excluding carboxylic acids is 1. The molecule has 132 valence electrons. The van der Waals surface area contributed by atoms with E-state index in [-0.39, 0.29) is 6.03 Å². The molecule has 2 fully saturated rings. The highest BCUT2D eigenvalue weighted by Gasteiger charge is 2.25. The number of likely N-dealkylation sites (tertiary alicyclic amines) is 1. The molecule has 0 radical (unpaired) electrons. The van der Waals surface area contributed by atoms with Gasteiger partial charge >= 0.3 is 6.03 Å². The third-order valence-corrected chi connectivity index (χ3v) is 5.13. The number of amides is 2. The Bertz CT molecular complexity index is 507.